The number of hydrogen-bond acceptors (Lipinski definition) is 4. The average molecular weight is 321 g/mol. The largest absolute Gasteiger partial charge is 0.462 e. The number of ether oxygens (including phenoxy) is 1. The number of allylic oxidation sites excluding steroid dienone is 2. The van der Waals surface area contributed by atoms with Crippen molar-refractivity contribution in [2.75, 3.05) is 20.1 Å². The Bertz CT molecular complexity index is 413. The summed E-state index contributed by atoms with van der Waals surface area (Å²) in [5.41, 5.74) is 0. The van der Waals surface area contributed by atoms with E-state index in [0.29, 0.717) is 18.3 Å². The zero-order valence-electron chi connectivity index (χ0n) is 14.6. The number of esters is 1. The van der Waals surface area contributed by atoms with Crippen molar-refractivity contribution >= 4 is 12.3 Å². The van der Waals surface area contributed by atoms with Crippen LogP contribution in [0.15, 0.2) is 12.2 Å². The molecule has 130 valence electrons. The molecule has 3 atom stereocenters. The summed E-state index contributed by atoms with van der Waals surface area (Å²) in [5, 5.41) is 0. The third-order valence-corrected chi connectivity index (χ3v) is 5.43. The van der Waals surface area contributed by atoms with Crippen LogP contribution in [0.25, 0.3) is 0 Å². The van der Waals surface area contributed by atoms with Crippen LogP contribution in [0.4, 0.5) is 0 Å². The predicted molar refractivity (Wildman–Crippen MR) is 91.0 cm³/mol. The van der Waals surface area contributed by atoms with E-state index in [1.807, 2.05) is 0 Å². The number of likely N-dealkylation sites (tertiary alicyclic amines) is 1. The maximum absolute atomic E-state index is 12.5. The lowest BCUT2D eigenvalue weighted by Gasteiger charge is -2.30. The molecule has 23 heavy (non-hydrogen) atoms. The molecule has 0 bridgehead atoms. The molecule has 4 heteroatoms. The molecule has 2 fully saturated rings. The molecule has 0 spiro atoms. The second-order valence-electron chi connectivity index (χ2n) is 7.07. The minimum Gasteiger partial charge on any atom is -0.462 e. The summed E-state index contributed by atoms with van der Waals surface area (Å²) in [7, 11) is 2.10. The molecule has 4 nitrogen and oxygen atoms in total. The fraction of sp³-hybridized carbons (Fsp3) is 0.789. The van der Waals surface area contributed by atoms with Crippen molar-refractivity contribution in [1.82, 2.24) is 4.90 Å². The third kappa shape index (κ3) is 5.17. The predicted octanol–water partition coefficient (Wildman–Crippen LogP) is 3.21. The number of rotatable bonds is 7. The molecule has 0 aromatic rings. The first-order chi connectivity index (χ1) is 11.2. The quantitative estimate of drug-likeness (QED) is 0.410. The Morgan fingerprint density at radius 3 is 2.52 bits per heavy atom. The van der Waals surface area contributed by atoms with Crippen LogP contribution >= 0.6 is 0 Å². The summed E-state index contributed by atoms with van der Waals surface area (Å²) >= 11 is 0. The van der Waals surface area contributed by atoms with Crippen molar-refractivity contribution in [3.05, 3.63) is 12.2 Å². The number of aldehydes is 1. The monoisotopic (exact) mass is 321 g/mol. The van der Waals surface area contributed by atoms with Crippen LogP contribution in [0, 0.1) is 17.8 Å². The normalized spacial score (nSPS) is 29.9. The Labute approximate surface area is 140 Å². The van der Waals surface area contributed by atoms with Gasteiger partial charge < -0.3 is 14.4 Å². The number of nitrogens with zero attached hydrogens (tertiary/aromatic N) is 1. The lowest BCUT2D eigenvalue weighted by molar-refractivity contribution is -0.157. The molecule has 0 radical (unpaired) electrons. The molecule has 1 saturated carbocycles. The van der Waals surface area contributed by atoms with E-state index in [2.05, 4.69) is 31.0 Å². The maximum Gasteiger partial charge on any atom is 0.309 e. The lowest BCUT2D eigenvalue weighted by Crippen LogP contribution is -2.36. The molecule has 2 aliphatic rings. The van der Waals surface area contributed by atoms with Gasteiger partial charge in [0.1, 0.15) is 12.4 Å². The van der Waals surface area contributed by atoms with E-state index in [1.165, 1.54) is 0 Å². The van der Waals surface area contributed by atoms with Crippen LogP contribution in [0.5, 0.6) is 0 Å². The molecular weight excluding hydrogens is 290 g/mol. The van der Waals surface area contributed by atoms with Crippen LogP contribution in [0.1, 0.15) is 51.9 Å². The van der Waals surface area contributed by atoms with E-state index in [-0.39, 0.29) is 18.0 Å². The SMILES string of the molecule is CC/C=C\CC1C(CC=O)CCC1OC(=O)C1CCN(C)CC1. The fourth-order valence-electron chi connectivity index (χ4n) is 3.93. The van der Waals surface area contributed by atoms with Gasteiger partial charge >= 0.3 is 5.97 Å². The van der Waals surface area contributed by atoms with E-state index in [1.54, 1.807) is 0 Å². The minimum atomic E-state index is -0.0145. The molecule has 1 aliphatic carbocycles. The molecule has 0 N–H and O–H groups in total. The first-order valence-electron chi connectivity index (χ1n) is 9.13. The highest BCUT2D eigenvalue weighted by atomic mass is 16.5. The second-order valence-corrected chi connectivity index (χ2v) is 7.07. The van der Waals surface area contributed by atoms with Gasteiger partial charge in [-0.1, -0.05) is 19.1 Å². The number of carbonyl (C=O) groups excluding carboxylic acids is 2. The van der Waals surface area contributed by atoms with Crippen LogP contribution in [-0.4, -0.2) is 43.4 Å². The van der Waals surface area contributed by atoms with Crippen molar-refractivity contribution in [2.45, 2.75) is 58.0 Å². The van der Waals surface area contributed by atoms with Crippen molar-refractivity contribution in [2.24, 2.45) is 17.8 Å². The van der Waals surface area contributed by atoms with Gasteiger partial charge in [0, 0.05) is 12.3 Å². The standard InChI is InChI=1S/C19H31NO3/c1-3-4-5-6-17-15(11-14-21)7-8-18(17)23-19(22)16-9-12-20(2)13-10-16/h4-5,14-18H,3,6-13H2,1-2H3/b5-4-. The van der Waals surface area contributed by atoms with E-state index in [0.717, 1.165) is 57.9 Å². The van der Waals surface area contributed by atoms with E-state index in [4.69, 9.17) is 4.74 Å². The highest BCUT2D eigenvalue weighted by molar-refractivity contribution is 5.72. The first kappa shape index (κ1) is 18.2. The Kier molecular flexibility index (Phi) is 7.28. The van der Waals surface area contributed by atoms with Crippen LogP contribution in [0.3, 0.4) is 0 Å². The van der Waals surface area contributed by atoms with Gasteiger partial charge in [-0.15, -0.1) is 0 Å². The summed E-state index contributed by atoms with van der Waals surface area (Å²) in [6, 6.07) is 0. The summed E-state index contributed by atoms with van der Waals surface area (Å²) in [4.78, 5) is 25.6. The van der Waals surface area contributed by atoms with E-state index >= 15 is 0 Å². The first-order valence-corrected chi connectivity index (χ1v) is 9.13. The van der Waals surface area contributed by atoms with Crippen molar-refractivity contribution in [3.8, 4) is 0 Å². The third-order valence-electron chi connectivity index (χ3n) is 5.43. The van der Waals surface area contributed by atoms with Gasteiger partial charge in [0.25, 0.3) is 0 Å². The summed E-state index contributed by atoms with van der Waals surface area (Å²) in [6.07, 6.45) is 11.6. The Balaban J connectivity index is 1.91. The van der Waals surface area contributed by atoms with Gasteiger partial charge in [0.2, 0.25) is 0 Å². The van der Waals surface area contributed by atoms with Crippen molar-refractivity contribution < 1.29 is 14.3 Å². The van der Waals surface area contributed by atoms with Gasteiger partial charge in [-0.2, -0.15) is 0 Å². The molecule has 1 heterocycles. The van der Waals surface area contributed by atoms with Gasteiger partial charge in [0.15, 0.2) is 0 Å². The molecule has 1 aliphatic heterocycles. The fourth-order valence-corrected chi connectivity index (χ4v) is 3.93. The lowest BCUT2D eigenvalue weighted by atomic mass is 9.89. The topological polar surface area (TPSA) is 46.6 Å². The molecule has 3 unspecified atom stereocenters. The Hall–Kier alpha value is -1.16. The van der Waals surface area contributed by atoms with Crippen LogP contribution in [-0.2, 0) is 14.3 Å². The molecule has 2 rings (SSSR count). The Morgan fingerprint density at radius 2 is 1.87 bits per heavy atom. The van der Waals surface area contributed by atoms with Gasteiger partial charge in [-0.05, 0) is 64.6 Å². The zero-order valence-corrected chi connectivity index (χ0v) is 14.6. The van der Waals surface area contributed by atoms with Gasteiger partial charge in [0.05, 0.1) is 5.92 Å². The van der Waals surface area contributed by atoms with Crippen LogP contribution < -0.4 is 0 Å². The van der Waals surface area contributed by atoms with Crippen molar-refractivity contribution in [3.63, 3.8) is 0 Å². The molecule has 1 saturated heterocycles. The second kappa shape index (κ2) is 9.21. The molecule has 0 amide bonds. The minimum absolute atomic E-state index is 0.00591. The van der Waals surface area contributed by atoms with Gasteiger partial charge in [-0.25, -0.2) is 0 Å². The smallest absolute Gasteiger partial charge is 0.309 e. The molecule has 0 aromatic carbocycles. The highest BCUT2D eigenvalue weighted by Gasteiger charge is 2.38. The highest BCUT2D eigenvalue weighted by Crippen LogP contribution is 2.39. The molecular formula is C19H31NO3. The van der Waals surface area contributed by atoms with E-state index < -0.39 is 0 Å². The summed E-state index contributed by atoms with van der Waals surface area (Å²) in [6.45, 7) is 4.06. The zero-order chi connectivity index (χ0) is 16.7. The maximum atomic E-state index is 12.5. The number of hydrogen-bond donors (Lipinski definition) is 0. The van der Waals surface area contributed by atoms with Crippen molar-refractivity contribution in [1.29, 1.82) is 0 Å². The molecule has 0 aromatic heterocycles. The van der Waals surface area contributed by atoms with Gasteiger partial charge in [-0.3, -0.25) is 4.79 Å². The Morgan fingerprint density at radius 1 is 1.13 bits per heavy atom. The van der Waals surface area contributed by atoms with Crippen LogP contribution in [0.2, 0.25) is 0 Å². The number of carbonyl (C=O) groups is 2. The summed E-state index contributed by atoms with van der Waals surface area (Å²) in [5.74, 6) is 0.713. The number of piperidine rings is 1. The summed E-state index contributed by atoms with van der Waals surface area (Å²) < 4.78 is 5.90. The average Bonchev–Trinajstić information content (AvgIpc) is 2.91. The van der Waals surface area contributed by atoms with E-state index in [9.17, 15) is 9.59 Å².